The average Bonchev–Trinajstić information content (AvgIpc) is 2.32. The molecule has 0 saturated carbocycles. The maximum Gasteiger partial charge on any atom is 0.323 e. The Morgan fingerprint density at radius 3 is 2.00 bits per heavy atom. The Labute approximate surface area is 95.4 Å². The topological polar surface area (TPSA) is 61.8 Å². The molecule has 0 aromatic heterocycles. The molecule has 92 valence electrons. The van der Waals surface area contributed by atoms with Crippen molar-refractivity contribution in [1.82, 2.24) is 0 Å². The van der Waals surface area contributed by atoms with E-state index in [4.69, 9.17) is 4.74 Å². The summed E-state index contributed by atoms with van der Waals surface area (Å²) in [5.74, 6) is -1.26. The van der Waals surface area contributed by atoms with Gasteiger partial charge in [-0.3, -0.25) is 9.59 Å². The molecule has 0 aliphatic heterocycles. The molecule has 0 rings (SSSR count). The van der Waals surface area contributed by atoms with Crippen LogP contribution in [0.1, 0.15) is 12.8 Å². The number of methoxy groups -OCH3 is 3. The number of allylic oxidation sites excluding steroid dienone is 1. The van der Waals surface area contributed by atoms with E-state index in [2.05, 4.69) is 16.1 Å². The Hall–Kier alpha value is -1.36. The molecular weight excluding hydrogens is 212 g/mol. The molecule has 0 saturated heterocycles. The fourth-order valence-electron chi connectivity index (χ4n) is 1.47. The molecule has 0 amide bonds. The number of rotatable bonds is 7. The van der Waals surface area contributed by atoms with Crippen LogP contribution in [0, 0.1) is 5.41 Å². The largest absolute Gasteiger partial charge is 0.468 e. The summed E-state index contributed by atoms with van der Waals surface area (Å²) in [6, 6.07) is 0. The minimum Gasteiger partial charge on any atom is -0.468 e. The van der Waals surface area contributed by atoms with Gasteiger partial charge in [-0.2, -0.15) is 0 Å². The predicted molar refractivity (Wildman–Crippen MR) is 57.8 cm³/mol. The number of esters is 2. The lowest BCUT2D eigenvalue weighted by atomic mass is 9.81. The number of carbonyl (C=O) groups excluding carboxylic acids is 2. The maximum absolute atomic E-state index is 11.7. The van der Waals surface area contributed by atoms with E-state index in [1.807, 2.05) is 0 Å². The van der Waals surface area contributed by atoms with E-state index < -0.39 is 17.4 Å². The van der Waals surface area contributed by atoms with Crippen LogP contribution in [0.2, 0.25) is 0 Å². The van der Waals surface area contributed by atoms with Gasteiger partial charge in [0.15, 0.2) is 5.41 Å². The summed E-state index contributed by atoms with van der Waals surface area (Å²) in [4.78, 5) is 23.4. The fourth-order valence-corrected chi connectivity index (χ4v) is 1.47. The van der Waals surface area contributed by atoms with Crippen molar-refractivity contribution in [3.63, 3.8) is 0 Å². The van der Waals surface area contributed by atoms with E-state index in [1.54, 1.807) is 0 Å². The number of carbonyl (C=O) groups is 2. The van der Waals surface area contributed by atoms with E-state index in [-0.39, 0.29) is 19.4 Å². The van der Waals surface area contributed by atoms with Crippen LogP contribution >= 0.6 is 0 Å². The molecule has 0 aromatic rings. The van der Waals surface area contributed by atoms with E-state index >= 15 is 0 Å². The van der Waals surface area contributed by atoms with E-state index in [1.165, 1.54) is 27.4 Å². The van der Waals surface area contributed by atoms with Gasteiger partial charge in [0, 0.05) is 13.7 Å². The zero-order chi connectivity index (χ0) is 12.6. The van der Waals surface area contributed by atoms with Gasteiger partial charge in [-0.1, -0.05) is 6.08 Å². The summed E-state index contributed by atoms with van der Waals surface area (Å²) < 4.78 is 14.2. The van der Waals surface area contributed by atoms with Crippen LogP contribution in [-0.2, 0) is 23.8 Å². The highest BCUT2D eigenvalue weighted by molar-refractivity contribution is 6.00. The Balaban J connectivity index is 5.10. The predicted octanol–water partition coefficient (Wildman–Crippen LogP) is 0.931. The molecule has 16 heavy (non-hydrogen) atoms. The van der Waals surface area contributed by atoms with Crippen LogP contribution in [-0.4, -0.2) is 39.9 Å². The van der Waals surface area contributed by atoms with Crippen LogP contribution in [0.4, 0.5) is 0 Å². The van der Waals surface area contributed by atoms with Gasteiger partial charge in [0.2, 0.25) is 0 Å². The van der Waals surface area contributed by atoms with E-state index in [0.29, 0.717) is 0 Å². The SMILES string of the molecule is C=CCC(CCOC)(C(=O)OC)C(=O)OC. The zero-order valence-electron chi connectivity index (χ0n) is 9.95. The highest BCUT2D eigenvalue weighted by Gasteiger charge is 2.46. The van der Waals surface area contributed by atoms with Crippen LogP contribution in [0.25, 0.3) is 0 Å². The van der Waals surface area contributed by atoms with Gasteiger partial charge in [-0.25, -0.2) is 0 Å². The molecular formula is C11H18O5. The average molecular weight is 230 g/mol. The lowest BCUT2D eigenvalue weighted by Gasteiger charge is -2.26. The molecule has 0 bridgehead atoms. The molecule has 0 unspecified atom stereocenters. The van der Waals surface area contributed by atoms with Crippen molar-refractivity contribution >= 4 is 11.9 Å². The Kier molecular flexibility index (Phi) is 6.41. The van der Waals surface area contributed by atoms with Crippen LogP contribution in [0.5, 0.6) is 0 Å². The fraction of sp³-hybridized carbons (Fsp3) is 0.636. The van der Waals surface area contributed by atoms with Gasteiger partial charge in [0.05, 0.1) is 14.2 Å². The van der Waals surface area contributed by atoms with E-state index in [9.17, 15) is 9.59 Å². The smallest absolute Gasteiger partial charge is 0.323 e. The quantitative estimate of drug-likeness (QED) is 0.370. The Morgan fingerprint density at radius 2 is 1.69 bits per heavy atom. The molecule has 0 heterocycles. The Bertz CT molecular complexity index is 243. The lowest BCUT2D eigenvalue weighted by molar-refractivity contribution is -0.170. The third-order valence-corrected chi connectivity index (χ3v) is 2.38. The number of hydrogen-bond acceptors (Lipinski definition) is 5. The minimum atomic E-state index is -1.35. The molecule has 0 spiro atoms. The van der Waals surface area contributed by atoms with Gasteiger partial charge in [0.25, 0.3) is 0 Å². The van der Waals surface area contributed by atoms with Gasteiger partial charge in [-0.05, 0) is 12.8 Å². The summed E-state index contributed by atoms with van der Waals surface area (Å²) in [7, 11) is 3.96. The van der Waals surface area contributed by atoms with Crippen molar-refractivity contribution in [2.75, 3.05) is 27.9 Å². The number of hydrogen-bond donors (Lipinski definition) is 0. The van der Waals surface area contributed by atoms with Crippen molar-refractivity contribution < 1.29 is 23.8 Å². The van der Waals surface area contributed by atoms with Crippen LogP contribution in [0.15, 0.2) is 12.7 Å². The molecule has 0 N–H and O–H groups in total. The summed E-state index contributed by atoms with van der Waals surface area (Å²) in [6.07, 6.45) is 1.86. The molecule has 0 atom stereocenters. The third-order valence-electron chi connectivity index (χ3n) is 2.38. The first-order chi connectivity index (χ1) is 7.58. The third kappa shape index (κ3) is 3.06. The second-order valence-electron chi connectivity index (χ2n) is 3.30. The highest BCUT2D eigenvalue weighted by atomic mass is 16.5. The highest BCUT2D eigenvalue weighted by Crippen LogP contribution is 2.30. The van der Waals surface area contributed by atoms with Gasteiger partial charge in [0.1, 0.15) is 0 Å². The summed E-state index contributed by atoms with van der Waals surface area (Å²) in [5.41, 5.74) is -1.35. The second-order valence-corrected chi connectivity index (χ2v) is 3.30. The molecule has 5 heteroatoms. The normalized spacial score (nSPS) is 10.7. The van der Waals surface area contributed by atoms with Crippen molar-refractivity contribution in [2.45, 2.75) is 12.8 Å². The van der Waals surface area contributed by atoms with Crippen molar-refractivity contribution in [2.24, 2.45) is 5.41 Å². The minimum absolute atomic E-state index is 0.162. The standard InChI is InChI=1S/C11H18O5/c1-5-6-11(7-8-14-2,9(12)15-3)10(13)16-4/h5H,1,6-8H2,2-4H3. The van der Waals surface area contributed by atoms with Gasteiger partial charge < -0.3 is 14.2 Å². The molecule has 0 fully saturated rings. The summed E-state index contributed by atoms with van der Waals surface area (Å²) >= 11 is 0. The first-order valence-electron chi connectivity index (χ1n) is 4.85. The van der Waals surface area contributed by atoms with Gasteiger partial charge >= 0.3 is 11.9 Å². The van der Waals surface area contributed by atoms with E-state index in [0.717, 1.165) is 0 Å². The molecule has 5 nitrogen and oxygen atoms in total. The van der Waals surface area contributed by atoms with Crippen LogP contribution in [0.3, 0.4) is 0 Å². The van der Waals surface area contributed by atoms with Crippen molar-refractivity contribution in [1.29, 1.82) is 0 Å². The maximum atomic E-state index is 11.7. The summed E-state index contributed by atoms with van der Waals surface area (Å²) in [6.45, 7) is 3.79. The molecule has 0 aromatic carbocycles. The van der Waals surface area contributed by atoms with Crippen LogP contribution < -0.4 is 0 Å². The summed E-state index contributed by atoms with van der Waals surface area (Å²) in [5, 5.41) is 0. The monoisotopic (exact) mass is 230 g/mol. The van der Waals surface area contributed by atoms with Crippen molar-refractivity contribution in [3.05, 3.63) is 12.7 Å². The molecule has 0 aliphatic carbocycles. The first-order valence-corrected chi connectivity index (χ1v) is 4.85. The second kappa shape index (κ2) is 7.00. The first kappa shape index (κ1) is 14.6. The van der Waals surface area contributed by atoms with Gasteiger partial charge in [-0.15, -0.1) is 6.58 Å². The zero-order valence-corrected chi connectivity index (χ0v) is 9.95. The number of ether oxygens (including phenoxy) is 3. The Morgan fingerprint density at radius 1 is 1.19 bits per heavy atom. The van der Waals surface area contributed by atoms with Crippen molar-refractivity contribution in [3.8, 4) is 0 Å². The molecule has 0 aliphatic rings. The lowest BCUT2D eigenvalue weighted by Crippen LogP contribution is -2.41. The molecule has 0 radical (unpaired) electrons.